The SMILES string of the molecule is CN(C)c1cc(CC[C@H]2CN(C(=O)c3cnn(C)c3)CCO2)ccn1. The number of aryl methyl sites for hydroxylation is 2. The first-order chi connectivity index (χ1) is 12.0. The minimum absolute atomic E-state index is 0.0280. The van der Waals surface area contributed by atoms with E-state index in [-0.39, 0.29) is 12.0 Å². The van der Waals surface area contributed by atoms with Gasteiger partial charge in [-0.05, 0) is 30.5 Å². The van der Waals surface area contributed by atoms with E-state index >= 15 is 0 Å². The molecule has 1 fully saturated rings. The summed E-state index contributed by atoms with van der Waals surface area (Å²) in [6.45, 7) is 1.83. The summed E-state index contributed by atoms with van der Waals surface area (Å²) < 4.78 is 7.51. The Morgan fingerprint density at radius 2 is 2.28 bits per heavy atom. The smallest absolute Gasteiger partial charge is 0.257 e. The molecule has 0 aromatic carbocycles. The van der Waals surface area contributed by atoms with Crippen molar-refractivity contribution in [1.29, 1.82) is 0 Å². The Balaban J connectivity index is 1.57. The van der Waals surface area contributed by atoms with Crippen molar-refractivity contribution in [2.45, 2.75) is 18.9 Å². The molecule has 7 nitrogen and oxygen atoms in total. The van der Waals surface area contributed by atoms with Crippen LogP contribution in [0, 0.1) is 0 Å². The highest BCUT2D eigenvalue weighted by molar-refractivity contribution is 5.93. The summed E-state index contributed by atoms with van der Waals surface area (Å²) in [6, 6.07) is 4.13. The van der Waals surface area contributed by atoms with E-state index in [9.17, 15) is 4.79 Å². The number of morpholine rings is 1. The van der Waals surface area contributed by atoms with E-state index in [4.69, 9.17) is 4.74 Å². The van der Waals surface area contributed by atoms with Crippen LogP contribution >= 0.6 is 0 Å². The summed E-state index contributed by atoms with van der Waals surface area (Å²) in [5.41, 5.74) is 1.87. The molecule has 25 heavy (non-hydrogen) atoms. The number of anilines is 1. The van der Waals surface area contributed by atoms with Crippen LogP contribution in [0.2, 0.25) is 0 Å². The van der Waals surface area contributed by atoms with E-state index < -0.39 is 0 Å². The van der Waals surface area contributed by atoms with Gasteiger partial charge in [-0.15, -0.1) is 0 Å². The molecule has 0 radical (unpaired) electrons. The summed E-state index contributed by atoms with van der Waals surface area (Å²) in [5, 5.41) is 4.08. The molecule has 0 spiro atoms. The third-order valence-electron chi connectivity index (χ3n) is 4.40. The lowest BCUT2D eigenvalue weighted by molar-refractivity contribution is -0.0246. The predicted octanol–water partition coefficient (Wildman–Crippen LogP) is 1.35. The zero-order valence-corrected chi connectivity index (χ0v) is 15.1. The Bertz CT molecular complexity index is 728. The second-order valence-corrected chi connectivity index (χ2v) is 6.60. The summed E-state index contributed by atoms with van der Waals surface area (Å²) in [7, 11) is 5.78. The zero-order valence-electron chi connectivity index (χ0n) is 15.1. The second kappa shape index (κ2) is 7.65. The van der Waals surface area contributed by atoms with Crippen molar-refractivity contribution in [2.75, 3.05) is 38.7 Å². The van der Waals surface area contributed by atoms with Crippen molar-refractivity contribution in [3.8, 4) is 0 Å². The number of pyridine rings is 1. The molecule has 0 saturated carbocycles. The molecule has 2 aromatic heterocycles. The van der Waals surface area contributed by atoms with Crippen molar-refractivity contribution in [3.05, 3.63) is 41.9 Å². The Hall–Kier alpha value is -2.41. The van der Waals surface area contributed by atoms with Gasteiger partial charge in [0.1, 0.15) is 5.82 Å². The molecule has 1 aliphatic heterocycles. The standard InChI is InChI=1S/C18H25N5O2/c1-21(2)17-10-14(6-7-19-17)4-5-16-13-23(8-9-25-16)18(24)15-11-20-22(3)12-15/h6-7,10-12,16H,4-5,8-9,13H2,1-3H3/t16-/m0/s1. The van der Waals surface area contributed by atoms with Crippen LogP contribution in [0.4, 0.5) is 5.82 Å². The highest BCUT2D eigenvalue weighted by Crippen LogP contribution is 2.16. The van der Waals surface area contributed by atoms with Gasteiger partial charge in [0.15, 0.2) is 0 Å². The lowest BCUT2D eigenvalue weighted by Gasteiger charge is -2.32. The van der Waals surface area contributed by atoms with E-state index in [1.165, 1.54) is 5.56 Å². The Labute approximate surface area is 148 Å². The van der Waals surface area contributed by atoms with Gasteiger partial charge in [0.2, 0.25) is 0 Å². The van der Waals surface area contributed by atoms with Crippen molar-refractivity contribution in [1.82, 2.24) is 19.7 Å². The zero-order chi connectivity index (χ0) is 17.8. The fourth-order valence-corrected chi connectivity index (χ4v) is 2.98. The van der Waals surface area contributed by atoms with Gasteiger partial charge in [-0.2, -0.15) is 5.10 Å². The molecule has 7 heteroatoms. The fraction of sp³-hybridized carbons (Fsp3) is 0.500. The first kappa shape index (κ1) is 17.4. The number of rotatable bonds is 5. The molecule has 0 bridgehead atoms. The van der Waals surface area contributed by atoms with Crippen LogP contribution in [-0.4, -0.2) is 65.5 Å². The average molecular weight is 343 g/mol. The molecule has 3 heterocycles. The van der Waals surface area contributed by atoms with Gasteiger partial charge in [0, 0.05) is 46.6 Å². The summed E-state index contributed by atoms with van der Waals surface area (Å²) in [6.07, 6.45) is 7.06. The van der Waals surface area contributed by atoms with Crippen LogP contribution in [0.25, 0.3) is 0 Å². The summed E-state index contributed by atoms with van der Waals surface area (Å²) in [5.74, 6) is 0.982. The van der Waals surface area contributed by atoms with Crippen LogP contribution in [0.1, 0.15) is 22.3 Å². The molecular weight excluding hydrogens is 318 g/mol. The number of carbonyl (C=O) groups excluding carboxylic acids is 1. The minimum atomic E-state index is 0.0280. The lowest BCUT2D eigenvalue weighted by Crippen LogP contribution is -2.45. The van der Waals surface area contributed by atoms with Gasteiger partial charge in [0.25, 0.3) is 5.91 Å². The monoisotopic (exact) mass is 343 g/mol. The summed E-state index contributed by atoms with van der Waals surface area (Å²) in [4.78, 5) is 20.8. The largest absolute Gasteiger partial charge is 0.375 e. The number of amides is 1. The first-order valence-electron chi connectivity index (χ1n) is 8.54. The molecule has 2 aromatic rings. The van der Waals surface area contributed by atoms with E-state index in [1.54, 1.807) is 17.1 Å². The number of aromatic nitrogens is 3. The van der Waals surface area contributed by atoms with E-state index in [1.807, 2.05) is 43.2 Å². The Morgan fingerprint density at radius 1 is 1.44 bits per heavy atom. The molecule has 1 aliphatic rings. The fourth-order valence-electron chi connectivity index (χ4n) is 2.98. The quantitative estimate of drug-likeness (QED) is 0.820. The second-order valence-electron chi connectivity index (χ2n) is 6.60. The Morgan fingerprint density at radius 3 is 3.00 bits per heavy atom. The minimum Gasteiger partial charge on any atom is -0.375 e. The third-order valence-corrected chi connectivity index (χ3v) is 4.40. The van der Waals surface area contributed by atoms with Crippen LogP contribution in [-0.2, 0) is 18.2 Å². The number of nitrogens with zero attached hydrogens (tertiary/aromatic N) is 5. The third kappa shape index (κ3) is 4.36. The molecule has 0 N–H and O–H groups in total. The molecule has 134 valence electrons. The first-order valence-corrected chi connectivity index (χ1v) is 8.54. The molecule has 1 atom stereocenters. The highest BCUT2D eigenvalue weighted by atomic mass is 16.5. The van der Waals surface area contributed by atoms with Gasteiger partial charge in [-0.25, -0.2) is 4.98 Å². The molecule has 1 saturated heterocycles. The van der Waals surface area contributed by atoms with Crippen molar-refractivity contribution >= 4 is 11.7 Å². The predicted molar refractivity (Wildman–Crippen MR) is 95.7 cm³/mol. The molecule has 3 rings (SSSR count). The molecule has 0 unspecified atom stereocenters. The topological polar surface area (TPSA) is 63.5 Å². The maximum atomic E-state index is 12.6. The van der Waals surface area contributed by atoms with Crippen LogP contribution < -0.4 is 4.90 Å². The van der Waals surface area contributed by atoms with Gasteiger partial charge in [-0.3, -0.25) is 9.48 Å². The van der Waals surface area contributed by atoms with Crippen LogP contribution in [0.15, 0.2) is 30.7 Å². The van der Waals surface area contributed by atoms with Crippen molar-refractivity contribution in [3.63, 3.8) is 0 Å². The van der Waals surface area contributed by atoms with E-state index in [0.29, 0.717) is 25.3 Å². The summed E-state index contributed by atoms with van der Waals surface area (Å²) >= 11 is 0. The maximum Gasteiger partial charge on any atom is 0.257 e. The Kier molecular flexibility index (Phi) is 5.33. The van der Waals surface area contributed by atoms with Gasteiger partial charge in [-0.1, -0.05) is 0 Å². The number of carbonyl (C=O) groups is 1. The van der Waals surface area contributed by atoms with Crippen molar-refractivity contribution in [2.24, 2.45) is 7.05 Å². The van der Waals surface area contributed by atoms with Crippen LogP contribution in [0.5, 0.6) is 0 Å². The maximum absolute atomic E-state index is 12.6. The van der Waals surface area contributed by atoms with E-state index in [0.717, 1.165) is 18.7 Å². The normalized spacial score (nSPS) is 17.6. The lowest BCUT2D eigenvalue weighted by atomic mass is 10.1. The molecular formula is C18H25N5O2. The van der Waals surface area contributed by atoms with Gasteiger partial charge >= 0.3 is 0 Å². The van der Waals surface area contributed by atoms with Crippen LogP contribution in [0.3, 0.4) is 0 Å². The van der Waals surface area contributed by atoms with Crippen molar-refractivity contribution < 1.29 is 9.53 Å². The van der Waals surface area contributed by atoms with Gasteiger partial charge in [0.05, 0.1) is 24.5 Å². The molecule has 0 aliphatic carbocycles. The van der Waals surface area contributed by atoms with E-state index in [2.05, 4.69) is 16.1 Å². The average Bonchev–Trinajstić information content (AvgIpc) is 3.06. The highest BCUT2D eigenvalue weighted by Gasteiger charge is 2.25. The molecule has 1 amide bonds. The number of hydrogen-bond donors (Lipinski definition) is 0. The number of ether oxygens (including phenoxy) is 1. The number of hydrogen-bond acceptors (Lipinski definition) is 5. The van der Waals surface area contributed by atoms with Gasteiger partial charge < -0.3 is 14.5 Å².